The van der Waals surface area contributed by atoms with Gasteiger partial charge in [-0.05, 0) is 12.1 Å². The van der Waals surface area contributed by atoms with Gasteiger partial charge in [0.1, 0.15) is 11.6 Å². The zero-order valence-corrected chi connectivity index (χ0v) is 9.81. The highest BCUT2D eigenvalue weighted by atomic mass is 19.3. The van der Waals surface area contributed by atoms with Crippen LogP contribution in [-0.4, -0.2) is 24.2 Å². The van der Waals surface area contributed by atoms with E-state index < -0.39 is 6.61 Å². The smallest absolute Gasteiger partial charge is 0.387 e. The van der Waals surface area contributed by atoms with Crippen molar-refractivity contribution >= 4 is 11.5 Å². The van der Waals surface area contributed by atoms with Crippen LogP contribution < -0.4 is 15.8 Å². The van der Waals surface area contributed by atoms with Gasteiger partial charge in [-0.3, -0.25) is 0 Å². The molecule has 0 aromatic heterocycles. The normalized spacial score (nSPS) is 13.4. The molecule has 0 heterocycles. The average Bonchev–Trinajstić information content (AvgIpc) is 2.35. The molecule has 18 heavy (non-hydrogen) atoms. The van der Waals surface area contributed by atoms with Crippen molar-refractivity contribution in [1.29, 1.82) is 0 Å². The lowest BCUT2D eigenvalue weighted by atomic mass is 10.1. The fraction of sp³-hybridized carbons (Fsp3) is 0.364. The lowest BCUT2D eigenvalue weighted by molar-refractivity contribution is -0.0493. The SMILES string of the molecule is CC(CNc1ccccc1OC(F)F)C(N)=NO. The summed E-state index contributed by atoms with van der Waals surface area (Å²) in [6.07, 6.45) is 0. The summed E-state index contributed by atoms with van der Waals surface area (Å²) in [5, 5.41) is 14.3. The first kappa shape index (κ1) is 14.0. The van der Waals surface area contributed by atoms with Crippen LogP contribution in [0.25, 0.3) is 0 Å². The number of oxime groups is 1. The zero-order valence-electron chi connectivity index (χ0n) is 9.81. The van der Waals surface area contributed by atoms with E-state index in [-0.39, 0.29) is 17.5 Å². The molecular weight excluding hydrogens is 244 g/mol. The number of benzene rings is 1. The van der Waals surface area contributed by atoms with Crippen LogP contribution in [0, 0.1) is 5.92 Å². The van der Waals surface area contributed by atoms with Crippen LogP contribution in [0.2, 0.25) is 0 Å². The maximum absolute atomic E-state index is 12.2. The Morgan fingerprint density at radius 2 is 2.17 bits per heavy atom. The van der Waals surface area contributed by atoms with Gasteiger partial charge in [0.25, 0.3) is 0 Å². The Balaban J connectivity index is 2.67. The molecule has 1 aromatic carbocycles. The lowest BCUT2D eigenvalue weighted by Crippen LogP contribution is -2.27. The number of nitrogens with zero attached hydrogens (tertiary/aromatic N) is 1. The summed E-state index contributed by atoms with van der Waals surface area (Å²) < 4.78 is 28.7. The van der Waals surface area contributed by atoms with E-state index in [1.807, 2.05) is 0 Å². The fourth-order valence-electron chi connectivity index (χ4n) is 1.28. The minimum absolute atomic E-state index is 0.0548. The summed E-state index contributed by atoms with van der Waals surface area (Å²) >= 11 is 0. The minimum atomic E-state index is -2.88. The van der Waals surface area contributed by atoms with E-state index >= 15 is 0 Å². The van der Waals surface area contributed by atoms with Gasteiger partial charge in [-0.1, -0.05) is 24.2 Å². The van der Waals surface area contributed by atoms with Crippen LogP contribution in [0.5, 0.6) is 5.75 Å². The van der Waals surface area contributed by atoms with Gasteiger partial charge in [-0.25, -0.2) is 0 Å². The predicted molar refractivity (Wildman–Crippen MR) is 64.1 cm³/mol. The van der Waals surface area contributed by atoms with Crippen molar-refractivity contribution < 1.29 is 18.7 Å². The molecule has 1 aromatic rings. The number of alkyl halides is 2. The molecule has 0 aliphatic rings. The minimum Gasteiger partial charge on any atom is -0.433 e. The predicted octanol–water partition coefficient (Wildman–Crippen LogP) is 2.08. The number of ether oxygens (including phenoxy) is 1. The Hall–Kier alpha value is -2.05. The van der Waals surface area contributed by atoms with Gasteiger partial charge in [0.15, 0.2) is 0 Å². The molecule has 5 nitrogen and oxygen atoms in total. The van der Waals surface area contributed by atoms with Gasteiger partial charge in [-0.15, -0.1) is 0 Å². The van der Waals surface area contributed by atoms with Gasteiger partial charge in [0, 0.05) is 12.5 Å². The third kappa shape index (κ3) is 4.08. The third-order valence-electron chi connectivity index (χ3n) is 2.32. The number of nitrogens with one attached hydrogen (secondary N) is 1. The van der Waals surface area contributed by atoms with Gasteiger partial charge in [-0.2, -0.15) is 8.78 Å². The number of anilines is 1. The van der Waals surface area contributed by atoms with Crippen LogP contribution in [0.1, 0.15) is 6.92 Å². The van der Waals surface area contributed by atoms with E-state index in [1.165, 1.54) is 6.07 Å². The van der Waals surface area contributed by atoms with Crippen molar-refractivity contribution in [3.63, 3.8) is 0 Å². The van der Waals surface area contributed by atoms with Crippen molar-refractivity contribution in [2.24, 2.45) is 16.8 Å². The highest BCUT2D eigenvalue weighted by Gasteiger charge is 2.11. The molecule has 0 amide bonds. The van der Waals surface area contributed by atoms with E-state index in [2.05, 4.69) is 15.2 Å². The van der Waals surface area contributed by atoms with E-state index in [0.717, 1.165) is 0 Å². The molecule has 1 unspecified atom stereocenters. The Bertz CT molecular complexity index is 413. The van der Waals surface area contributed by atoms with E-state index in [0.29, 0.717) is 12.2 Å². The quantitative estimate of drug-likeness (QED) is 0.316. The van der Waals surface area contributed by atoms with Crippen LogP contribution in [0.15, 0.2) is 29.4 Å². The van der Waals surface area contributed by atoms with Crippen molar-refractivity contribution in [3.05, 3.63) is 24.3 Å². The van der Waals surface area contributed by atoms with Gasteiger partial charge in [0.05, 0.1) is 5.69 Å². The Morgan fingerprint density at radius 1 is 1.50 bits per heavy atom. The molecule has 0 aliphatic carbocycles. The van der Waals surface area contributed by atoms with E-state index in [4.69, 9.17) is 10.9 Å². The summed E-state index contributed by atoms with van der Waals surface area (Å²) in [6, 6.07) is 6.32. The Labute approximate surface area is 103 Å². The summed E-state index contributed by atoms with van der Waals surface area (Å²) in [4.78, 5) is 0. The number of para-hydroxylation sites is 2. The molecule has 4 N–H and O–H groups in total. The van der Waals surface area contributed by atoms with E-state index in [1.54, 1.807) is 25.1 Å². The maximum Gasteiger partial charge on any atom is 0.387 e. The molecule has 0 bridgehead atoms. The summed E-state index contributed by atoms with van der Waals surface area (Å²) in [7, 11) is 0. The highest BCUT2D eigenvalue weighted by molar-refractivity contribution is 5.82. The molecule has 1 rings (SSSR count). The van der Waals surface area contributed by atoms with Gasteiger partial charge < -0.3 is 21.0 Å². The number of hydrogen-bond acceptors (Lipinski definition) is 4. The first-order chi connectivity index (χ1) is 8.54. The average molecular weight is 259 g/mol. The van der Waals surface area contributed by atoms with E-state index in [9.17, 15) is 8.78 Å². The van der Waals surface area contributed by atoms with Crippen molar-refractivity contribution in [3.8, 4) is 5.75 Å². The molecular formula is C11H15F2N3O2. The highest BCUT2D eigenvalue weighted by Crippen LogP contribution is 2.25. The second-order valence-electron chi connectivity index (χ2n) is 3.68. The Morgan fingerprint density at radius 3 is 2.78 bits per heavy atom. The maximum atomic E-state index is 12.2. The first-order valence-electron chi connectivity index (χ1n) is 5.29. The summed E-state index contributed by atoms with van der Waals surface area (Å²) in [5.41, 5.74) is 5.83. The molecule has 100 valence electrons. The molecule has 0 fully saturated rings. The van der Waals surface area contributed by atoms with Crippen LogP contribution in [0.4, 0.5) is 14.5 Å². The fourth-order valence-corrected chi connectivity index (χ4v) is 1.28. The molecule has 0 radical (unpaired) electrons. The number of amidine groups is 1. The molecule has 0 aliphatic heterocycles. The summed E-state index contributed by atoms with van der Waals surface area (Å²) in [5.74, 6) is -0.122. The van der Waals surface area contributed by atoms with Crippen LogP contribution >= 0.6 is 0 Å². The monoisotopic (exact) mass is 259 g/mol. The standard InChI is InChI=1S/C11H15F2N3O2/c1-7(10(14)16-17)6-15-8-4-2-3-5-9(8)18-11(12)13/h2-5,7,11,15,17H,6H2,1H3,(H2,14,16). The largest absolute Gasteiger partial charge is 0.433 e. The van der Waals surface area contributed by atoms with Crippen LogP contribution in [-0.2, 0) is 0 Å². The number of nitrogens with two attached hydrogens (primary N) is 1. The molecule has 7 heteroatoms. The second kappa shape index (κ2) is 6.63. The van der Waals surface area contributed by atoms with Crippen molar-refractivity contribution in [2.75, 3.05) is 11.9 Å². The third-order valence-corrected chi connectivity index (χ3v) is 2.32. The second-order valence-corrected chi connectivity index (χ2v) is 3.68. The molecule has 0 saturated carbocycles. The number of rotatable bonds is 6. The Kier molecular flexibility index (Phi) is 5.16. The molecule has 1 atom stereocenters. The van der Waals surface area contributed by atoms with Crippen molar-refractivity contribution in [2.45, 2.75) is 13.5 Å². The zero-order chi connectivity index (χ0) is 13.5. The number of hydrogen-bond donors (Lipinski definition) is 3. The molecule has 0 spiro atoms. The van der Waals surface area contributed by atoms with Gasteiger partial charge >= 0.3 is 6.61 Å². The van der Waals surface area contributed by atoms with Crippen LogP contribution in [0.3, 0.4) is 0 Å². The van der Waals surface area contributed by atoms with Crippen molar-refractivity contribution in [1.82, 2.24) is 0 Å². The lowest BCUT2D eigenvalue weighted by Gasteiger charge is -2.15. The number of halogens is 2. The first-order valence-corrected chi connectivity index (χ1v) is 5.29. The topological polar surface area (TPSA) is 79.9 Å². The van der Waals surface area contributed by atoms with Gasteiger partial charge in [0.2, 0.25) is 0 Å². The summed E-state index contributed by atoms with van der Waals surface area (Å²) in [6.45, 7) is -0.813. The molecule has 0 saturated heterocycles.